The van der Waals surface area contributed by atoms with Gasteiger partial charge in [0.15, 0.2) is 28.7 Å². The summed E-state index contributed by atoms with van der Waals surface area (Å²) in [4.78, 5) is 22.7. The Morgan fingerprint density at radius 1 is 1.18 bits per heavy atom. The average Bonchev–Trinajstić information content (AvgIpc) is 2.71. The van der Waals surface area contributed by atoms with Gasteiger partial charge in [-0.1, -0.05) is 0 Å². The van der Waals surface area contributed by atoms with E-state index in [4.69, 9.17) is 9.15 Å². The zero-order chi connectivity index (χ0) is 12.6. The van der Waals surface area contributed by atoms with E-state index < -0.39 is 0 Å². The quantitative estimate of drug-likeness (QED) is 0.763. The molecular formula is C13H12O4. The lowest BCUT2D eigenvalue weighted by molar-refractivity contribution is 0.0987. The number of carbonyl (C=O) groups excluding carboxylic acids is 2. The van der Waals surface area contributed by atoms with Crippen molar-refractivity contribution in [3.05, 3.63) is 29.5 Å². The molecule has 4 heteroatoms. The molecule has 0 unspecified atom stereocenters. The van der Waals surface area contributed by atoms with Gasteiger partial charge >= 0.3 is 0 Å². The van der Waals surface area contributed by atoms with Crippen LogP contribution in [0.4, 0.5) is 0 Å². The van der Waals surface area contributed by atoms with Crippen molar-refractivity contribution >= 4 is 22.5 Å². The highest BCUT2D eigenvalue weighted by Crippen LogP contribution is 2.31. The third-order valence-electron chi connectivity index (χ3n) is 2.59. The van der Waals surface area contributed by atoms with Crippen molar-refractivity contribution in [1.82, 2.24) is 0 Å². The minimum Gasteiger partial charge on any atom is -0.493 e. The Labute approximate surface area is 98.2 Å². The maximum atomic E-state index is 11.5. The van der Waals surface area contributed by atoms with Gasteiger partial charge in [0.05, 0.1) is 7.11 Å². The molecule has 0 aliphatic heterocycles. The summed E-state index contributed by atoms with van der Waals surface area (Å²) in [5, 5.41) is 0.613. The van der Waals surface area contributed by atoms with Crippen LogP contribution in [0.15, 0.2) is 22.6 Å². The Kier molecular flexibility index (Phi) is 2.71. The topological polar surface area (TPSA) is 56.5 Å². The molecule has 0 amide bonds. The van der Waals surface area contributed by atoms with E-state index in [1.165, 1.54) is 21.0 Å². The fraction of sp³-hybridized carbons (Fsp3) is 0.231. The molecule has 2 aromatic rings. The number of methoxy groups -OCH3 is 1. The van der Waals surface area contributed by atoms with Crippen LogP contribution >= 0.6 is 0 Å². The zero-order valence-corrected chi connectivity index (χ0v) is 9.87. The molecule has 1 aromatic heterocycles. The van der Waals surface area contributed by atoms with Crippen molar-refractivity contribution in [3.8, 4) is 5.75 Å². The van der Waals surface area contributed by atoms with Crippen molar-refractivity contribution in [1.29, 1.82) is 0 Å². The maximum absolute atomic E-state index is 11.5. The average molecular weight is 232 g/mol. The van der Waals surface area contributed by atoms with Gasteiger partial charge in [-0.15, -0.1) is 0 Å². The molecule has 17 heavy (non-hydrogen) atoms. The summed E-state index contributed by atoms with van der Waals surface area (Å²) < 4.78 is 10.6. The van der Waals surface area contributed by atoms with E-state index in [1.807, 2.05) is 0 Å². The van der Waals surface area contributed by atoms with E-state index in [1.54, 1.807) is 18.2 Å². The van der Waals surface area contributed by atoms with Crippen molar-refractivity contribution < 1.29 is 18.7 Å². The first-order chi connectivity index (χ1) is 8.04. The lowest BCUT2D eigenvalue weighted by Gasteiger charge is -2.02. The summed E-state index contributed by atoms with van der Waals surface area (Å²) in [6.07, 6.45) is 0. The summed E-state index contributed by atoms with van der Waals surface area (Å²) in [6, 6.07) is 4.91. The van der Waals surface area contributed by atoms with Gasteiger partial charge < -0.3 is 9.15 Å². The molecule has 0 aliphatic carbocycles. The number of ketones is 2. The standard InChI is InChI=1S/C13H12O4/c1-7(14)9-4-5-11(16-3)13-10(9)6-12(17-13)8(2)15/h4-6H,1-3H3. The molecule has 0 spiro atoms. The smallest absolute Gasteiger partial charge is 0.194 e. The first-order valence-electron chi connectivity index (χ1n) is 5.17. The molecule has 0 aliphatic rings. The lowest BCUT2D eigenvalue weighted by Crippen LogP contribution is -1.93. The van der Waals surface area contributed by atoms with E-state index >= 15 is 0 Å². The van der Waals surface area contributed by atoms with Gasteiger partial charge in [-0.05, 0) is 25.1 Å². The summed E-state index contributed by atoms with van der Waals surface area (Å²) in [5.74, 6) is 0.482. The molecule has 1 heterocycles. The highest BCUT2D eigenvalue weighted by atomic mass is 16.5. The molecule has 2 rings (SSSR count). The molecule has 0 atom stereocenters. The van der Waals surface area contributed by atoms with Crippen LogP contribution in [0.1, 0.15) is 34.8 Å². The molecule has 0 radical (unpaired) electrons. The number of Topliss-reactive ketones (excluding diaryl/α,β-unsaturated/α-hetero) is 2. The van der Waals surface area contributed by atoms with Gasteiger partial charge in [0.2, 0.25) is 0 Å². The maximum Gasteiger partial charge on any atom is 0.194 e. The molecule has 88 valence electrons. The van der Waals surface area contributed by atoms with Crippen LogP contribution in [0.3, 0.4) is 0 Å². The Bertz CT molecular complexity index is 607. The molecule has 4 nitrogen and oxygen atoms in total. The Balaban J connectivity index is 2.81. The highest BCUT2D eigenvalue weighted by molar-refractivity contribution is 6.09. The molecule has 0 saturated heterocycles. The van der Waals surface area contributed by atoms with Gasteiger partial charge in [-0.2, -0.15) is 0 Å². The predicted octanol–water partition coefficient (Wildman–Crippen LogP) is 2.85. The van der Waals surface area contributed by atoms with Crippen molar-refractivity contribution in [2.75, 3.05) is 7.11 Å². The molecular weight excluding hydrogens is 220 g/mol. The molecule has 0 fully saturated rings. The third-order valence-corrected chi connectivity index (χ3v) is 2.59. The number of ether oxygens (including phenoxy) is 1. The number of furan rings is 1. The number of benzene rings is 1. The van der Waals surface area contributed by atoms with Gasteiger partial charge in [-0.25, -0.2) is 0 Å². The predicted molar refractivity (Wildman–Crippen MR) is 62.8 cm³/mol. The van der Waals surface area contributed by atoms with E-state index in [0.717, 1.165) is 0 Å². The van der Waals surface area contributed by atoms with E-state index in [-0.39, 0.29) is 17.3 Å². The number of carbonyl (C=O) groups is 2. The van der Waals surface area contributed by atoms with Crippen LogP contribution in [0.5, 0.6) is 5.75 Å². The Hall–Kier alpha value is -2.10. The summed E-state index contributed by atoms with van der Waals surface area (Å²) in [6.45, 7) is 2.89. The minimum absolute atomic E-state index is 0.0754. The van der Waals surface area contributed by atoms with Gasteiger partial charge in [0.1, 0.15) is 0 Å². The largest absolute Gasteiger partial charge is 0.493 e. The van der Waals surface area contributed by atoms with E-state index in [2.05, 4.69) is 0 Å². The second kappa shape index (κ2) is 4.05. The monoisotopic (exact) mass is 232 g/mol. The highest BCUT2D eigenvalue weighted by Gasteiger charge is 2.16. The first kappa shape index (κ1) is 11.4. The SMILES string of the molecule is COc1ccc(C(C)=O)c2cc(C(C)=O)oc12. The Morgan fingerprint density at radius 3 is 2.41 bits per heavy atom. The molecule has 0 saturated carbocycles. The van der Waals surface area contributed by atoms with Crippen LogP contribution in [0.2, 0.25) is 0 Å². The number of hydrogen-bond acceptors (Lipinski definition) is 4. The van der Waals surface area contributed by atoms with Crippen LogP contribution in [-0.4, -0.2) is 18.7 Å². The second-order valence-electron chi connectivity index (χ2n) is 3.78. The van der Waals surface area contributed by atoms with Gasteiger partial charge in [-0.3, -0.25) is 9.59 Å². The van der Waals surface area contributed by atoms with Crippen molar-refractivity contribution in [2.45, 2.75) is 13.8 Å². The second-order valence-corrected chi connectivity index (χ2v) is 3.78. The van der Waals surface area contributed by atoms with Crippen molar-refractivity contribution in [2.24, 2.45) is 0 Å². The van der Waals surface area contributed by atoms with Gasteiger partial charge in [0.25, 0.3) is 0 Å². The van der Waals surface area contributed by atoms with Crippen LogP contribution in [-0.2, 0) is 0 Å². The molecule has 0 N–H and O–H groups in total. The Morgan fingerprint density at radius 2 is 1.88 bits per heavy atom. The van der Waals surface area contributed by atoms with Crippen LogP contribution in [0.25, 0.3) is 11.0 Å². The molecule has 0 bridgehead atoms. The summed E-state index contributed by atoms with van der Waals surface area (Å²) in [5.41, 5.74) is 0.961. The summed E-state index contributed by atoms with van der Waals surface area (Å²) >= 11 is 0. The lowest BCUT2D eigenvalue weighted by atomic mass is 10.1. The first-order valence-corrected chi connectivity index (χ1v) is 5.17. The fourth-order valence-corrected chi connectivity index (χ4v) is 1.74. The van der Waals surface area contributed by atoms with E-state index in [9.17, 15) is 9.59 Å². The molecule has 1 aromatic carbocycles. The number of rotatable bonds is 3. The normalized spacial score (nSPS) is 10.5. The van der Waals surface area contributed by atoms with Crippen molar-refractivity contribution in [3.63, 3.8) is 0 Å². The van der Waals surface area contributed by atoms with E-state index in [0.29, 0.717) is 22.3 Å². The minimum atomic E-state index is -0.183. The zero-order valence-electron chi connectivity index (χ0n) is 9.87. The summed E-state index contributed by atoms with van der Waals surface area (Å²) in [7, 11) is 1.51. The van der Waals surface area contributed by atoms with Gasteiger partial charge in [0, 0.05) is 17.9 Å². The fourth-order valence-electron chi connectivity index (χ4n) is 1.74. The number of hydrogen-bond donors (Lipinski definition) is 0. The number of fused-ring (bicyclic) bond motifs is 1. The van der Waals surface area contributed by atoms with Crippen LogP contribution in [0, 0.1) is 0 Å². The van der Waals surface area contributed by atoms with Crippen LogP contribution < -0.4 is 4.74 Å². The third kappa shape index (κ3) is 1.82.